The third-order valence-electron chi connectivity index (χ3n) is 1.43. The molecule has 14 heavy (non-hydrogen) atoms. The molecule has 0 aliphatic carbocycles. The highest BCUT2D eigenvalue weighted by Crippen LogP contribution is 2.19. The molecule has 0 atom stereocenters. The second-order valence-electron chi connectivity index (χ2n) is 2.24. The van der Waals surface area contributed by atoms with E-state index in [2.05, 4.69) is 15.0 Å². The molecule has 2 aromatic rings. The maximum atomic E-state index is 10.8. The highest BCUT2D eigenvalue weighted by atomic mass is 35.5. The molecule has 2 heterocycles. The minimum Gasteiger partial charge on any atom is -0.305 e. The summed E-state index contributed by atoms with van der Waals surface area (Å²) in [5.74, 6) is 0. The van der Waals surface area contributed by atoms with E-state index in [-0.39, 0.29) is 16.0 Å². The summed E-state index contributed by atoms with van der Waals surface area (Å²) in [4.78, 5) is 19.6. The van der Waals surface area contributed by atoms with Crippen molar-refractivity contribution in [2.45, 2.75) is 13.8 Å². The second kappa shape index (κ2) is 4.48. The van der Waals surface area contributed by atoms with E-state index in [0.29, 0.717) is 11.0 Å². The van der Waals surface area contributed by atoms with E-state index in [0.717, 1.165) is 0 Å². The topological polar surface area (TPSA) is 61.5 Å². The van der Waals surface area contributed by atoms with Crippen LogP contribution < -0.4 is 5.69 Å². The number of rotatable bonds is 0. The first-order valence-corrected chi connectivity index (χ1v) is 4.86. The van der Waals surface area contributed by atoms with Crippen LogP contribution in [-0.4, -0.2) is 15.0 Å². The summed E-state index contributed by atoms with van der Waals surface area (Å²) < 4.78 is 0. The number of nitrogens with one attached hydrogen (secondary N) is 2. The Bertz CT molecular complexity index is 489. The number of imidazole rings is 1. The average Bonchev–Trinajstić information content (AvgIpc) is 2.49. The standard InChI is InChI=1S/C6H3Cl2N3O.C2H6/c7-3-1-2-4(5(8)10-3)11-6(12)9-2;1-2/h1H,(H2,9,11,12);1-2H3. The number of hydrogen-bond donors (Lipinski definition) is 2. The maximum Gasteiger partial charge on any atom is 0.323 e. The van der Waals surface area contributed by atoms with Crippen molar-refractivity contribution in [2.24, 2.45) is 0 Å². The quantitative estimate of drug-likeness (QED) is 0.688. The second-order valence-corrected chi connectivity index (χ2v) is 2.98. The lowest BCUT2D eigenvalue weighted by molar-refractivity contribution is 1.21. The van der Waals surface area contributed by atoms with Crippen LogP contribution in [0.2, 0.25) is 10.3 Å². The van der Waals surface area contributed by atoms with Crippen molar-refractivity contribution in [2.75, 3.05) is 0 Å². The van der Waals surface area contributed by atoms with Gasteiger partial charge >= 0.3 is 5.69 Å². The molecule has 0 aliphatic rings. The third-order valence-corrected chi connectivity index (χ3v) is 1.90. The van der Waals surface area contributed by atoms with Gasteiger partial charge in [0.05, 0.1) is 5.52 Å². The molecule has 0 unspecified atom stereocenters. The Labute approximate surface area is 90.3 Å². The van der Waals surface area contributed by atoms with E-state index in [1.807, 2.05) is 13.8 Å². The summed E-state index contributed by atoms with van der Waals surface area (Å²) >= 11 is 11.3. The number of nitrogens with zero attached hydrogens (tertiary/aromatic N) is 1. The number of hydrogen-bond acceptors (Lipinski definition) is 2. The Morgan fingerprint density at radius 2 is 1.93 bits per heavy atom. The molecule has 4 nitrogen and oxygen atoms in total. The van der Waals surface area contributed by atoms with Crippen molar-refractivity contribution < 1.29 is 0 Å². The number of aromatic nitrogens is 3. The molecular weight excluding hydrogens is 225 g/mol. The van der Waals surface area contributed by atoms with Gasteiger partial charge in [0.15, 0.2) is 5.15 Å². The molecule has 0 amide bonds. The number of aromatic amines is 2. The van der Waals surface area contributed by atoms with Crippen LogP contribution in [0, 0.1) is 0 Å². The van der Waals surface area contributed by atoms with Gasteiger partial charge in [-0.15, -0.1) is 0 Å². The van der Waals surface area contributed by atoms with Gasteiger partial charge in [0.1, 0.15) is 10.7 Å². The molecule has 2 rings (SSSR count). The largest absolute Gasteiger partial charge is 0.323 e. The zero-order chi connectivity index (χ0) is 10.7. The zero-order valence-corrected chi connectivity index (χ0v) is 9.20. The predicted molar refractivity (Wildman–Crippen MR) is 58.1 cm³/mol. The van der Waals surface area contributed by atoms with Gasteiger partial charge in [-0.05, 0) is 0 Å². The third kappa shape index (κ3) is 2.08. The highest BCUT2D eigenvalue weighted by molar-refractivity contribution is 6.35. The molecule has 0 fully saturated rings. The molecule has 2 aromatic heterocycles. The first kappa shape index (κ1) is 11.1. The molecule has 76 valence electrons. The van der Waals surface area contributed by atoms with Crippen LogP contribution in [0.4, 0.5) is 0 Å². The Morgan fingerprint density at radius 3 is 2.57 bits per heavy atom. The van der Waals surface area contributed by atoms with E-state index < -0.39 is 0 Å². The summed E-state index contributed by atoms with van der Waals surface area (Å²) in [6.45, 7) is 4.00. The first-order valence-electron chi connectivity index (χ1n) is 4.11. The van der Waals surface area contributed by atoms with E-state index in [1.165, 1.54) is 6.07 Å². The van der Waals surface area contributed by atoms with Gasteiger partial charge in [-0.3, -0.25) is 0 Å². The number of H-pyrrole nitrogens is 2. The van der Waals surface area contributed by atoms with Crippen molar-refractivity contribution in [3.63, 3.8) is 0 Å². The molecule has 0 saturated carbocycles. The Hall–Kier alpha value is -1.00. The lowest BCUT2D eigenvalue weighted by Gasteiger charge is -1.92. The van der Waals surface area contributed by atoms with Crippen LogP contribution in [0.1, 0.15) is 13.8 Å². The van der Waals surface area contributed by atoms with Crippen LogP contribution in [0.5, 0.6) is 0 Å². The zero-order valence-electron chi connectivity index (χ0n) is 7.69. The number of pyridine rings is 1. The van der Waals surface area contributed by atoms with Crippen LogP contribution >= 0.6 is 23.2 Å². The number of halogens is 2. The van der Waals surface area contributed by atoms with E-state index in [1.54, 1.807) is 0 Å². The molecule has 2 N–H and O–H groups in total. The summed E-state index contributed by atoms with van der Waals surface area (Å²) in [6.07, 6.45) is 0. The Balaban J connectivity index is 0.000000461. The molecule has 0 aromatic carbocycles. The minimum absolute atomic E-state index is 0.191. The van der Waals surface area contributed by atoms with Crippen molar-refractivity contribution in [3.05, 3.63) is 26.9 Å². The lowest BCUT2D eigenvalue weighted by Crippen LogP contribution is -1.99. The predicted octanol–water partition coefficient (Wildman–Crippen LogP) is 2.58. The molecule has 6 heteroatoms. The van der Waals surface area contributed by atoms with Crippen molar-refractivity contribution >= 4 is 34.2 Å². The Morgan fingerprint density at radius 1 is 1.29 bits per heavy atom. The van der Waals surface area contributed by atoms with E-state index in [9.17, 15) is 4.79 Å². The van der Waals surface area contributed by atoms with Gasteiger partial charge in [-0.2, -0.15) is 0 Å². The molecule has 0 spiro atoms. The number of fused-ring (bicyclic) bond motifs is 1. The molecule has 0 radical (unpaired) electrons. The van der Waals surface area contributed by atoms with Crippen molar-refractivity contribution in [3.8, 4) is 0 Å². The van der Waals surface area contributed by atoms with Crippen LogP contribution in [0.25, 0.3) is 11.0 Å². The van der Waals surface area contributed by atoms with Crippen LogP contribution in [0.15, 0.2) is 10.9 Å². The van der Waals surface area contributed by atoms with Gasteiger partial charge in [0.2, 0.25) is 0 Å². The summed E-state index contributed by atoms with van der Waals surface area (Å²) in [7, 11) is 0. The maximum absolute atomic E-state index is 10.8. The SMILES string of the molecule is CC.O=c1[nH]c2cc(Cl)nc(Cl)c2[nH]1. The van der Waals surface area contributed by atoms with Crippen molar-refractivity contribution in [1.29, 1.82) is 0 Å². The molecule has 0 saturated heterocycles. The Kier molecular flexibility index (Phi) is 3.55. The van der Waals surface area contributed by atoms with Crippen LogP contribution in [0.3, 0.4) is 0 Å². The summed E-state index contributed by atoms with van der Waals surface area (Å²) in [5, 5.41) is 0.443. The average molecular weight is 234 g/mol. The van der Waals surface area contributed by atoms with Crippen LogP contribution in [-0.2, 0) is 0 Å². The van der Waals surface area contributed by atoms with Gasteiger partial charge in [-0.1, -0.05) is 37.0 Å². The van der Waals surface area contributed by atoms with Gasteiger partial charge in [-0.25, -0.2) is 9.78 Å². The monoisotopic (exact) mass is 233 g/mol. The van der Waals surface area contributed by atoms with E-state index in [4.69, 9.17) is 23.2 Å². The molecular formula is C8H9Cl2N3O. The van der Waals surface area contributed by atoms with E-state index >= 15 is 0 Å². The lowest BCUT2D eigenvalue weighted by atomic mass is 10.4. The minimum atomic E-state index is -0.323. The fourth-order valence-electron chi connectivity index (χ4n) is 0.969. The normalized spacial score (nSPS) is 9.71. The molecule has 0 bridgehead atoms. The fraction of sp³-hybridized carbons (Fsp3) is 0.250. The van der Waals surface area contributed by atoms with Gasteiger partial charge in [0.25, 0.3) is 0 Å². The van der Waals surface area contributed by atoms with Gasteiger partial charge < -0.3 is 9.97 Å². The van der Waals surface area contributed by atoms with Gasteiger partial charge in [0, 0.05) is 6.07 Å². The summed E-state index contributed by atoms with van der Waals surface area (Å²) in [6, 6.07) is 1.53. The summed E-state index contributed by atoms with van der Waals surface area (Å²) in [5.41, 5.74) is 0.715. The molecule has 0 aliphatic heterocycles. The van der Waals surface area contributed by atoms with Crippen molar-refractivity contribution in [1.82, 2.24) is 15.0 Å². The fourth-order valence-corrected chi connectivity index (χ4v) is 1.45. The highest BCUT2D eigenvalue weighted by Gasteiger charge is 2.04. The smallest absolute Gasteiger partial charge is 0.305 e. The first-order chi connectivity index (χ1) is 6.66.